The molecule has 2 amide bonds. The standard InChI is InChI=1S/C13H17N3O3S/c1-19-4-11(17)16-7-13(8-16)2-3-15(6-13)12(18)10-5-20-9-14-10/h5,9H,2-4,6-8H2,1H3. The van der Waals surface area contributed by atoms with Crippen molar-refractivity contribution in [2.75, 3.05) is 39.9 Å². The van der Waals surface area contributed by atoms with Crippen molar-refractivity contribution in [1.29, 1.82) is 0 Å². The first-order chi connectivity index (χ1) is 9.63. The Hall–Kier alpha value is -1.47. The van der Waals surface area contributed by atoms with Crippen LogP contribution in [0.4, 0.5) is 0 Å². The Labute approximate surface area is 121 Å². The normalized spacial score (nSPS) is 20.2. The lowest BCUT2D eigenvalue weighted by Crippen LogP contribution is -2.60. The van der Waals surface area contributed by atoms with Crippen LogP contribution < -0.4 is 0 Å². The number of rotatable bonds is 3. The van der Waals surface area contributed by atoms with E-state index in [9.17, 15) is 9.59 Å². The molecular formula is C13H17N3O3S. The molecule has 2 saturated heterocycles. The monoisotopic (exact) mass is 295 g/mol. The van der Waals surface area contributed by atoms with Crippen LogP contribution in [0.1, 0.15) is 16.9 Å². The van der Waals surface area contributed by atoms with Crippen molar-refractivity contribution in [3.8, 4) is 0 Å². The van der Waals surface area contributed by atoms with Gasteiger partial charge in [-0.15, -0.1) is 11.3 Å². The Morgan fingerprint density at radius 1 is 1.40 bits per heavy atom. The number of aromatic nitrogens is 1. The highest BCUT2D eigenvalue weighted by Gasteiger charge is 2.50. The smallest absolute Gasteiger partial charge is 0.273 e. The van der Waals surface area contributed by atoms with Gasteiger partial charge in [-0.05, 0) is 6.42 Å². The molecular weight excluding hydrogens is 278 g/mol. The summed E-state index contributed by atoms with van der Waals surface area (Å²) in [7, 11) is 1.53. The summed E-state index contributed by atoms with van der Waals surface area (Å²) in [6, 6.07) is 0. The number of carbonyl (C=O) groups excluding carboxylic acids is 2. The van der Waals surface area contributed by atoms with Crippen LogP contribution in [-0.2, 0) is 9.53 Å². The van der Waals surface area contributed by atoms with Gasteiger partial charge in [0.2, 0.25) is 5.91 Å². The molecule has 1 spiro atoms. The highest BCUT2D eigenvalue weighted by atomic mass is 32.1. The van der Waals surface area contributed by atoms with Gasteiger partial charge >= 0.3 is 0 Å². The van der Waals surface area contributed by atoms with Crippen molar-refractivity contribution in [3.63, 3.8) is 0 Å². The quantitative estimate of drug-likeness (QED) is 0.813. The van der Waals surface area contributed by atoms with Crippen molar-refractivity contribution >= 4 is 23.2 Å². The highest BCUT2D eigenvalue weighted by Crippen LogP contribution is 2.39. The minimum absolute atomic E-state index is 0.00444. The fourth-order valence-corrected chi connectivity index (χ4v) is 3.53. The van der Waals surface area contributed by atoms with E-state index in [0.717, 1.165) is 32.6 Å². The van der Waals surface area contributed by atoms with Crippen LogP contribution >= 0.6 is 11.3 Å². The molecule has 2 aliphatic heterocycles. The predicted octanol–water partition coefficient (Wildman–Crippen LogP) is 0.464. The van der Waals surface area contributed by atoms with Gasteiger partial charge in [0.15, 0.2) is 0 Å². The Bertz CT molecular complexity index is 511. The second kappa shape index (κ2) is 5.14. The van der Waals surface area contributed by atoms with Crippen LogP contribution in [0.5, 0.6) is 0 Å². The minimum Gasteiger partial charge on any atom is -0.375 e. The maximum atomic E-state index is 12.2. The van der Waals surface area contributed by atoms with E-state index in [1.165, 1.54) is 18.4 Å². The molecule has 0 atom stereocenters. The number of thiazole rings is 1. The zero-order valence-electron chi connectivity index (χ0n) is 11.4. The van der Waals surface area contributed by atoms with E-state index in [0.29, 0.717) is 5.69 Å². The SMILES string of the molecule is COCC(=O)N1CC2(CCN(C(=O)c3cscn3)C2)C1. The molecule has 2 aliphatic rings. The third-order valence-electron chi connectivity index (χ3n) is 4.05. The molecule has 0 saturated carbocycles. The summed E-state index contributed by atoms with van der Waals surface area (Å²) in [6.45, 7) is 3.08. The third-order valence-corrected chi connectivity index (χ3v) is 4.64. The molecule has 3 rings (SSSR count). The number of nitrogens with zero attached hydrogens (tertiary/aromatic N) is 3. The first kappa shape index (κ1) is 13.5. The summed E-state index contributed by atoms with van der Waals surface area (Å²) in [4.78, 5) is 31.6. The lowest BCUT2D eigenvalue weighted by molar-refractivity contribution is -0.146. The zero-order chi connectivity index (χ0) is 14.2. The topological polar surface area (TPSA) is 62.7 Å². The van der Waals surface area contributed by atoms with Crippen LogP contribution in [0.3, 0.4) is 0 Å². The van der Waals surface area contributed by atoms with Gasteiger partial charge in [0.05, 0.1) is 5.51 Å². The van der Waals surface area contributed by atoms with Crippen molar-refractivity contribution < 1.29 is 14.3 Å². The largest absolute Gasteiger partial charge is 0.375 e. The van der Waals surface area contributed by atoms with Crippen molar-refractivity contribution in [2.45, 2.75) is 6.42 Å². The fourth-order valence-electron chi connectivity index (χ4n) is 3.00. The Balaban J connectivity index is 1.56. The summed E-state index contributed by atoms with van der Waals surface area (Å²) in [5.74, 6) is 0.0344. The molecule has 0 bridgehead atoms. The third kappa shape index (κ3) is 2.31. The van der Waals surface area contributed by atoms with E-state index in [1.54, 1.807) is 15.8 Å². The molecule has 20 heavy (non-hydrogen) atoms. The number of amides is 2. The van der Waals surface area contributed by atoms with Crippen LogP contribution in [0, 0.1) is 5.41 Å². The fraction of sp³-hybridized carbons (Fsp3) is 0.615. The van der Waals surface area contributed by atoms with E-state index < -0.39 is 0 Å². The first-order valence-corrected chi connectivity index (χ1v) is 7.52. The van der Waals surface area contributed by atoms with Crippen LogP contribution in [0.15, 0.2) is 10.9 Å². The summed E-state index contributed by atoms with van der Waals surface area (Å²) in [6.07, 6.45) is 0.958. The summed E-state index contributed by atoms with van der Waals surface area (Å²) in [5, 5.41) is 1.78. The van der Waals surface area contributed by atoms with Gasteiger partial charge in [-0.1, -0.05) is 0 Å². The Morgan fingerprint density at radius 3 is 2.80 bits per heavy atom. The maximum Gasteiger partial charge on any atom is 0.273 e. The number of likely N-dealkylation sites (tertiary alicyclic amines) is 2. The highest BCUT2D eigenvalue weighted by molar-refractivity contribution is 7.07. The molecule has 1 aromatic heterocycles. The first-order valence-electron chi connectivity index (χ1n) is 6.58. The minimum atomic E-state index is 0.00444. The van der Waals surface area contributed by atoms with E-state index in [1.807, 2.05) is 4.90 Å². The van der Waals surface area contributed by atoms with Crippen molar-refractivity contribution in [1.82, 2.24) is 14.8 Å². The van der Waals surface area contributed by atoms with E-state index >= 15 is 0 Å². The van der Waals surface area contributed by atoms with Gasteiger partial charge in [0, 0.05) is 44.1 Å². The number of methoxy groups -OCH3 is 1. The van der Waals surface area contributed by atoms with Crippen molar-refractivity contribution in [3.05, 3.63) is 16.6 Å². The molecule has 108 valence electrons. The Morgan fingerprint density at radius 2 is 2.15 bits per heavy atom. The van der Waals surface area contributed by atoms with E-state index in [2.05, 4.69) is 4.98 Å². The average molecular weight is 295 g/mol. The lowest BCUT2D eigenvalue weighted by atomic mass is 9.79. The molecule has 0 N–H and O–H groups in total. The molecule has 2 fully saturated rings. The van der Waals surface area contributed by atoms with Gasteiger partial charge in [0.1, 0.15) is 12.3 Å². The van der Waals surface area contributed by atoms with Gasteiger partial charge < -0.3 is 14.5 Å². The molecule has 0 unspecified atom stereocenters. The summed E-state index contributed by atoms with van der Waals surface area (Å²) < 4.78 is 4.86. The number of carbonyl (C=O) groups is 2. The van der Waals surface area contributed by atoms with Crippen LogP contribution in [-0.4, -0.2) is 66.5 Å². The van der Waals surface area contributed by atoms with Gasteiger partial charge in [0.25, 0.3) is 5.91 Å². The van der Waals surface area contributed by atoms with E-state index in [4.69, 9.17) is 4.74 Å². The summed E-state index contributed by atoms with van der Waals surface area (Å²) in [5.41, 5.74) is 2.29. The second-order valence-electron chi connectivity index (χ2n) is 5.53. The Kier molecular flexibility index (Phi) is 3.47. The summed E-state index contributed by atoms with van der Waals surface area (Å²) >= 11 is 1.43. The van der Waals surface area contributed by atoms with Crippen molar-refractivity contribution in [2.24, 2.45) is 5.41 Å². The van der Waals surface area contributed by atoms with E-state index in [-0.39, 0.29) is 23.8 Å². The zero-order valence-corrected chi connectivity index (χ0v) is 12.2. The maximum absolute atomic E-state index is 12.2. The lowest BCUT2D eigenvalue weighted by Gasteiger charge is -2.47. The van der Waals surface area contributed by atoms with Gasteiger partial charge in [-0.2, -0.15) is 0 Å². The number of hydrogen-bond acceptors (Lipinski definition) is 5. The molecule has 0 aliphatic carbocycles. The predicted molar refractivity (Wildman–Crippen MR) is 73.5 cm³/mol. The van der Waals surface area contributed by atoms with Crippen LogP contribution in [0.2, 0.25) is 0 Å². The van der Waals surface area contributed by atoms with Gasteiger partial charge in [-0.3, -0.25) is 9.59 Å². The molecule has 1 aromatic rings. The van der Waals surface area contributed by atoms with Crippen LogP contribution in [0.25, 0.3) is 0 Å². The average Bonchev–Trinajstić information content (AvgIpc) is 3.06. The molecule has 6 nitrogen and oxygen atoms in total. The molecule has 3 heterocycles. The number of hydrogen-bond donors (Lipinski definition) is 0. The van der Waals surface area contributed by atoms with Gasteiger partial charge in [-0.25, -0.2) is 4.98 Å². The molecule has 0 radical (unpaired) electrons. The number of ether oxygens (including phenoxy) is 1. The molecule has 7 heteroatoms. The second-order valence-corrected chi connectivity index (χ2v) is 6.25. The molecule has 0 aromatic carbocycles.